The summed E-state index contributed by atoms with van der Waals surface area (Å²) >= 11 is 0. The molecule has 4 rings (SSSR count). The number of benzene rings is 2. The SMILES string of the molecule is O=C(c1cnc2ccccc2c1)N1CCCC(c2ccccc2F)=N1. The Morgan fingerprint density at radius 1 is 1.08 bits per heavy atom. The van der Waals surface area contributed by atoms with Crippen LogP contribution < -0.4 is 0 Å². The van der Waals surface area contributed by atoms with E-state index in [1.807, 2.05) is 30.3 Å². The number of halogens is 1. The first kappa shape index (κ1) is 15.4. The van der Waals surface area contributed by atoms with Gasteiger partial charge in [0, 0.05) is 23.7 Å². The van der Waals surface area contributed by atoms with Gasteiger partial charge in [0.15, 0.2) is 0 Å². The molecule has 0 unspecified atom stereocenters. The average molecular weight is 333 g/mol. The maximum absolute atomic E-state index is 14.0. The van der Waals surface area contributed by atoms with Gasteiger partial charge >= 0.3 is 0 Å². The molecule has 2 heterocycles. The highest BCUT2D eigenvalue weighted by atomic mass is 19.1. The zero-order valence-electron chi connectivity index (χ0n) is 13.5. The predicted molar refractivity (Wildman–Crippen MR) is 95.0 cm³/mol. The van der Waals surface area contributed by atoms with Gasteiger partial charge in [-0.15, -0.1) is 0 Å². The Hall–Kier alpha value is -3.08. The highest BCUT2D eigenvalue weighted by Gasteiger charge is 2.22. The second kappa shape index (κ2) is 6.43. The van der Waals surface area contributed by atoms with Crippen LogP contribution in [-0.2, 0) is 0 Å². The Morgan fingerprint density at radius 2 is 1.88 bits per heavy atom. The van der Waals surface area contributed by atoms with E-state index in [-0.39, 0.29) is 11.7 Å². The van der Waals surface area contributed by atoms with Crippen molar-refractivity contribution >= 4 is 22.5 Å². The lowest BCUT2D eigenvalue weighted by Crippen LogP contribution is -2.32. The molecule has 0 bridgehead atoms. The van der Waals surface area contributed by atoms with Crippen LogP contribution in [0.4, 0.5) is 4.39 Å². The maximum Gasteiger partial charge on any atom is 0.275 e. The highest BCUT2D eigenvalue weighted by Crippen LogP contribution is 2.20. The fraction of sp³-hybridized carbons (Fsp3) is 0.150. The summed E-state index contributed by atoms with van der Waals surface area (Å²) in [4.78, 5) is 17.1. The van der Waals surface area contributed by atoms with Crippen LogP contribution in [0.1, 0.15) is 28.8 Å². The normalized spacial score (nSPS) is 14.4. The van der Waals surface area contributed by atoms with E-state index in [9.17, 15) is 9.18 Å². The molecule has 0 radical (unpaired) electrons. The van der Waals surface area contributed by atoms with Crippen molar-refractivity contribution in [1.82, 2.24) is 9.99 Å². The molecular formula is C20H16FN3O. The number of aromatic nitrogens is 1. The Morgan fingerprint density at radius 3 is 2.76 bits per heavy atom. The van der Waals surface area contributed by atoms with Gasteiger partial charge in [0.2, 0.25) is 0 Å². The third-order valence-corrected chi connectivity index (χ3v) is 4.28. The molecule has 5 heteroatoms. The van der Waals surface area contributed by atoms with Crippen molar-refractivity contribution in [2.75, 3.05) is 6.54 Å². The van der Waals surface area contributed by atoms with E-state index < -0.39 is 0 Å². The molecular weight excluding hydrogens is 317 g/mol. The zero-order chi connectivity index (χ0) is 17.2. The van der Waals surface area contributed by atoms with Crippen molar-refractivity contribution in [3.63, 3.8) is 0 Å². The summed E-state index contributed by atoms with van der Waals surface area (Å²) in [6.45, 7) is 0.517. The number of hydrogen-bond donors (Lipinski definition) is 0. The zero-order valence-corrected chi connectivity index (χ0v) is 13.5. The van der Waals surface area contributed by atoms with Crippen molar-refractivity contribution in [2.45, 2.75) is 12.8 Å². The van der Waals surface area contributed by atoms with E-state index in [1.54, 1.807) is 24.4 Å². The molecule has 0 spiro atoms. The van der Waals surface area contributed by atoms with Crippen LogP contribution in [0, 0.1) is 5.82 Å². The van der Waals surface area contributed by atoms with Crippen molar-refractivity contribution in [2.24, 2.45) is 5.10 Å². The first-order valence-electron chi connectivity index (χ1n) is 8.21. The minimum Gasteiger partial charge on any atom is -0.267 e. The van der Waals surface area contributed by atoms with Gasteiger partial charge in [0.05, 0.1) is 16.8 Å². The van der Waals surface area contributed by atoms with E-state index in [0.29, 0.717) is 29.8 Å². The summed E-state index contributed by atoms with van der Waals surface area (Å²) in [5.41, 5.74) is 2.38. The van der Waals surface area contributed by atoms with E-state index in [0.717, 1.165) is 17.3 Å². The molecule has 25 heavy (non-hydrogen) atoms. The first-order valence-corrected chi connectivity index (χ1v) is 8.21. The van der Waals surface area contributed by atoms with Gasteiger partial charge < -0.3 is 0 Å². The third-order valence-electron chi connectivity index (χ3n) is 4.28. The van der Waals surface area contributed by atoms with Crippen molar-refractivity contribution < 1.29 is 9.18 Å². The lowest BCUT2D eigenvalue weighted by molar-refractivity contribution is 0.0751. The van der Waals surface area contributed by atoms with Crippen LogP contribution in [0.2, 0.25) is 0 Å². The lowest BCUT2D eigenvalue weighted by Gasteiger charge is -2.24. The number of pyridine rings is 1. The fourth-order valence-corrected chi connectivity index (χ4v) is 3.01. The summed E-state index contributed by atoms with van der Waals surface area (Å²) < 4.78 is 14.0. The van der Waals surface area contributed by atoms with E-state index in [2.05, 4.69) is 10.1 Å². The van der Waals surface area contributed by atoms with Crippen LogP contribution in [0.3, 0.4) is 0 Å². The molecule has 1 amide bonds. The summed E-state index contributed by atoms with van der Waals surface area (Å²) in [7, 11) is 0. The smallest absolute Gasteiger partial charge is 0.267 e. The van der Waals surface area contributed by atoms with Crippen LogP contribution in [0.5, 0.6) is 0 Å². The average Bonchev–Trinajstić information content (AvgIpc) is 2.67. The standard InChI is InChI=1S/C20H16FN3O/c21-17-8-3-2-7-16(17)19-10-5-11-24(23-19)20(25)15-12-14-6-1-4-9-18(14)22-13-15/h1-4,6-9,12-13H,5,10-11H2. The largest absolute Gasteiger partial charge is 0.275 e. The molecule has 1 aliphatic rings. The molecule has 0 aliphatic carbocycles. The predicted octanol–water partition coefficient (Wildman–Crippen LogP) is 4.01. The van der Waals surface area contributed by atoms with E-state index in [1.165, 1.54) is 11.1 Å². The van der Waals surface area contributed by atoms with Gasteiger partial charge in [-0.3, -0.25) is 9.78 Å². The van der Waals surface area contributed by atoms with Gasteiger partial charge in [0.25, 0.3) is 5.91 Å². The second-order valence-corrected chi connectivity index (χ2v) is 5.98. The maximum atomic E-state index is 14.0. The molecule has 0 saturated carbocycles. The van der Waals surface area contributed by atoms with E-state index in [4.69, 9.17) is 0 Å². The Bertz CT molecular complexity index is 983. The number of para-hydroxylation sites is 1. The number of nitrogens with zero attached hydrogens (tertiary/aromatic N) is 3. The quantitative estimate of drug-likeness (QED) is 0.711. The molecule has 0 atom stereocenters. The third kappa shape index (κ3) is 3.01. The first-order chi connectivity index (χ1) is 12.2. The summed E-state index contributed by atoms with van der Waals surface area (Å²) in [5, 5.41) is 6.72. The second-order valence-electron chi connectivity index (χ2n) is 5.98. The molecule has 0 N–H and O–H groups in total. The molecule has 124 valence electrons. The Labute approximate surface area is 144 Å². The van der Waals surface area contributed by atoms with Gasteiger partial charge in [-0.25, -0.2) is 9.40 Å². The number of fused-ring (bicyclic) bond motifs is 1. The summed E-state index contributed by atoms with van der Waals surface area (Å²) in [6, 6.07) is 16.0. The Balaban J connectivity index is 1.67. The van der Waals surface area contributed by atoms with Crippen molar-refractivity contribution in [3.05, 3.63) is 77.7 Å². The summed E-state index contributed by atoms with van der Waals surface area (Å²) in [6.07, 6.45) is 2.97. The van der Waals surface area contributed by atoms with Crippen LogP contribution in [0.15, 0.2) is 65.9 Å². The molecule has 2 aromatic carbocycles. The monoisotopic (exact) mass is 333 g/mol. The molecule has 0 fully saturated rings. The molecule has 4 nitrogen and oxygen atoms in total. The van der Waals surface area contributed by atoms with Crippen LogP contribution in [-0.4, -0.2) is 28.2 Å². The highest BCUT2D eigenvalue weighted by molar-refractivity contribution is 6.03. The van der Waals surface area contributed by atoms with Crippen LogP contribution in [0.25, 0.3) is 10.9 Å². The number of hydrazone groups is 1. The molecule has 0 saturated heterocycles. The minimum absolute atomic E-state index is 0.216. The van der Waals surface area contributed by atoms with Gasteiger partial charge in [-0.2, -0.15) is 5.10 Å². The number of hydrogen-bond acceptors (Lipinski definition) is 3. The van der Waals surface area contributed by atoms with Crippen molar-refractivity contribution in [3.8, 4) is 0 Å². The molecule has 1 aliphatic heterocycles. The molecule has 3 aromatic rings. The minimum atomic E-state index is -0.317. The Kier molecular flexibility index (Phi) is 3.98. The van der Waals surface area contributed by atoms with Crippen LogP contribution >= 0.6 is 0 Å². The number of carbonyl (C=O) groups is 1. The molecule has 1 aromatic heterocycles. The topological polar surface area (TPSA) is 45.6 Å². The number of rotatable bonds is 2. The fourth-order valence-electron chi connectivity index (χ4n) is 3.01. The van der Waals surface area contributed by atoms with E-state index >= 15 is 0 Å². The van der Waals surface area contributed by atoms with Gasteiger partial charge in [-0.05, 0) is 31.0 Å². The number of amides is 1. The number of carbonyl (C=O) groups excluding carboxylic acids is 1. The van der Waals surface area contributed by atoms with Crippen molar-refractivity contribution in [1.29, 1.82) is 0 Å². The lowest BCUT2D eigenvalue weighted by atomic mass is 10.0. The van der Waals surface area contributed by atoms with Gasteiger partial charge in [0.1, 0.15) is 5.82 Å². The van der Waals surface area contributed by atoms with Gasteiger partial charge in [-0.1, -0.05) is 36.4 Å². The summed E-state index contributed by atoms with van der Waals surface area (Å²) in [5.74, 6) is -0.533.